The molecule has 0 fully saturated rings. The molecule has 0 aliphatic heterocycles. The second kappa shape index (κ2) is 5.20. The van der Waals surface area contributed by atoms with Crippen LogP contribution in [0.15, 0.2) is 54.0 Å². The molecule has 3 rings (SSSR count). The summed E-state index contributed by atoms with van der Waals surface area (Å²) in [6.07, 6.45) is 2.54. The Morgan fingerprint density at radius 2 is 1.89 bits per heavy atom. The smallest absolute Gasteiger partial charge is 0.133 e. The summed E-state index contributed by atoms with van der Waals surface area (Å²) in [5.74, 6) is 0.531. The zero-order chi connectivity index (χ0) is 13.1. The number of nitrogens with two attached hydrogens (primary N) is 1. The number of pyridine rings is 1. The van der Waals surface area contributed by atoms with E-state index >= 15 is 0 Å². The first-order valence-electron chi connectivity index (χ1n) is 6.02. The van der Waals surface area contributed by atoms with E-state index in [4.69, 9.17) is 5.73 Å². The molecule has 19 heavy (non-hydrogen) atoms. The Morgan fingerprint density at radius 3 is 2.68 bits per heavy atom. The van der Waals surface area contributed by atoms with Crippen molar-refractivity contribution in [3.63, 3.8) is 0 Å². The minimum absolute atomic E-state index is 0.531. The van der Waals surface area contributed by atoms with Gasteiger partial charge in [-0.1, -0.05) is 30.3 Å². The molecule has 1 aromatic carbocycles. The van der Waals surface area contributed by atoms with Gasteiger partial charge >= 0.3 is 0 Å². The number of nitrogen functional groups attached to an aromatic ring is 1. The largest absolute Gasteiger partial charge is 0.383 e. The molecule has 4 heteroatoms. The number of benzene rings is 1. The van der Waals surface area contributed by atoms with Crippen LogP contribution in [0.4, 0.5) is 5.82 Å². The van der Waals surface area contributed by atoms with Crippen LogP contribution in [0.5, 0.6) is 0 Å². The summed E-state index contributed by atoms with van der Waals surface area (Å²) in [7, 11) is 0. The first kappa shape index (κ1) is 11.9. The maximum atomic E-state index is 5.87. The van der Waals surface area contributed by atoms with E-state index in [0.717, 1.165) is 22.7 Å². The van der Waals surface area contributed by atoms with Crippen LogP contribution in [-0.2, 0) is 6.42 Å². The highest BCUT2D eigenvalue weighted by molar-refractivity contribution is 7.13. The van der Waals surface area contributed by atoms with Crippen LogP contribution in [0.2, 0.25) is 0 Å². The average molecular weight is 267 g/mol. The molecule has 3 nitrogen and oxygen atoms in total. The van der Waals surface area contributed by atoms with Gasteiger partial charge in [0.05, 0.1) is 11.3 Å². The minimum Gasteiger partial charge on any atom is -0.383 e. The Bertz CT molecular complexity index is 677. The molecule has 0 radical (unpaired) electrons. The van der Waals surface area contributed by atoms with Crippen molar-refractivity contribution in [1.29, 1.82) is 0 Å². The molecule has 0 aliphatic rings. The number of thiazole rings is 1. The number of rotatable bonds is 3. The third-order valence-electron chi connectivity index (χ3n) is 2.85. The molecule has 0 aliphatic carbocycles. The average Bonchev–Trinajstić information content (AvgIpc) is 2.89. The van der Waals surface area contributed by atoms with Crippen molar-refractivity contribution in [2.75, 3.05) is 5.73 Å². The predicted molar refractivity (Wildman–Crippen MR) is 79.0 cm³/mol. The lowest BCUT2D eigenvalue weighted by atomic mass is 10.1. The lowest BCUT2D eigenvalue weighted by Crippen LogP contribution is -1.93. The van der Waals surface area contributed by atoms with Crippen molar-refractivity contribution in [2.45, 2.75) is 6.42 Å². The Kier molecular flexibility index (Phi) is 3.25. The van der Waals surface area contributed by atoms with Crippen molar-refractivity contribution in [2.24, 2.45) is 0 Å². The van der Waals surface area contributed by atoms with Crippen LogP contribution in [0.1, 0.15) is 11.3 Å². The number of hydrogen-bond acceptors (Lipinski definition) is 4. The summed E-state index contributed by atoms with van der Waals surface area (Å²) < 4.78 is 0. The fraction of sp³-hybridized carbons (Fsp3) is 0.0667. The van der Waals surface area contributed by atoms with E-state index in [-0.39, 0.29) is 0 Å². The molecule has 2 heterocycles. The number of anilines is 1. The molecule has 0 saturated carbocycles. The highest BCUT2D eigenvalue weighted by Crippen LogP contribution is 2.27. The van der Waals surface area contributed by atoms with Gasteiger partial charge in [-0.15, -0.1) is 11.3 Å². The summed E-state index contributed by atoms with van der Waals surface area (Å²) >= 11 is 1.60. The fourth-order valence-electron chi connectivity index (χ4n) is 1.92. The van der Waals surface area contributed by atoms with E-state index in [1.807, 2.05) is 30.3 Å². The quantitative estimate of drug-likeness (QED) is 0.791. The van der Waals surface area contributed by atoms with Crippen LogP contribution in [-0.4, -0.2) is 9.97 Å². The van der Waals surface area contributed by atoms with E-state index < -0.39 is 0 Å². The summed E-state index contributed by atoms with van der Waals surface area (Å²) in [4.78, 5) is 8.73. The monoisotopic (exact) mass is 267 g/mol. The molecule has 0 amide bonds. The Labute approximate surface area is 115 Å². The summed E-state index contributed by atoms with van der Waals surface area (Å²) in [5.41, 5.74) is 9.11. The molecule has 0 atom stereocenters. The second-order valence-corrected chi connectivity index (χ2v) is 5.10. The van der Waals surface area contributed by atoms with Crippen molar-refractivity contribution < 1.29 is 0 Å². The van der Waals surface area contributed by atoms with Gasteiger partial charge in [-0.3, -0.25) is 0 Å². The summed E-state index contributed by atoms with van der Waals surface area (Å²) in [5, 5.41) is 3.01. The molecule has 3 aromatic rings. The molecular formula is C15H13N3S. The van der Waals surface area contributed by atoms with Crippen LogP contribution >= 0.6 is 11.3 Å². The standard InChI is InChI=1S/C15H13N3S/c16-14-13(7-4-8-17-14)15-18-12(10-19-15)9-11-5-2-1-3-6-11/h1-8,10H,9H2,(H2,16,17). The molecule has 94 valence electrons. The van der Waals surface area contributed by atoms with Gasteiger partial charge in [0, 0.05) is 18.0 Å². The number of aromatic nitrogens is 2. The number of hydrogen-bond donors (Lipinski definition) is 1. The summed E-state index contributed by atoms with van der Waals surface area (Å²) in [6, 6.07) is 14.2. The normalized spacial score (nSPS) is 10.5. The topological polar surface area (TPSA) is 51.8 Å². The van der Waals surface area contributed by atoms with E-state index in [1.165, 1.54) is 5.56 Å². The minimum atomic E-state index is 0.531. The van der Waals surface area contributed by atoms with Crippen LogP contribution in [0, 0.1) is 0 Å². The highest BCUT2D eigenvalue weighted by Gasteiger charge is 2.08. The zero-order valence-electron chi connectivity index (χ0n) is 10.3. The zero-order valence-corrected chi connectivity index (χ0v) is 11.1. The molecule has 0 saturated heterocycles. The molecule has 0 unspecified atom stereocenters. The maximum absolute atomic E-state index is 5.87. The first-order valence-corrected chi connectivity index (χ1v) is 6.90. The van der Waals surface area contributed by atoms with Gasteiger partial charge in [-0.2, -0.15) is 0 Å². The van der Waals surface area contributed by atoms with Gasteiger partial charge in [0.1, 0.15) is 10.8 Å². The second-order valence-electron chi connectivity index (χ2n) is 4.24. The Balaban J connectivity index is 1.86. The van der Waals surface area contributed by atoms with Gasteiger partial charge in [0.2, 0.25) is 0 Å². The Hall–Kier alpha value is -2.20. The van der Waals surface area contributed by atoms with Gasteiger partial charge in [-0.25, -0.2) is 9.97 Å². The molecular weight excluding hydrogens is 254 g/mol. The fourth-order valence-corrected chi connectivity index (χ4v) is 2.77. The third-order valence-corrected chi connectivity index (χ3v) is 3.77. The van der Waals surface area contributed by atoms with E-state index in [0.29, 0.717) is 5.82 Å². The molecule has 0 bridgehead atoms. The van der Waals surface area contributed by atoms with Crippen LogP contribution in [0.3, 0.4) is 0 Å². The SMILES string of the molecule is Nc1ncccc1-c1nc(Cc2ccccc2)cs1. The third kappa shape index (κ3) is 2.63. The van der Waals surface area contributed by atoms with Gasteiger partial charge in [-0.05, 0) is 17.7 Å². The van der Waals surface area contributed by atoms with Crippen LogP contribution < -0.4 is 5.73 Å². The Morgan fingerprint density at radius 1 is 1.05 bits per heavy atom. The van der Waals surface area contributed by atoms with E-state index in [1.54, 1.807) is 17.5 Å². The molecule has 2 aromatic heterocycles. The van der Waals surface area contributed by atoms with Gasteiger partial charge in [0.15, 0.2) is 0 Å². The van der Waals surface area contributed by atoms with E-state index in [2.05, 4.69) is 27.5 Å². The predicted octanol–water partition coefficient (Wildman–Crippen LogP) is 3.38. The summed E-state index contributed by atoms with van der Waals surface area (Å²) in [6.45, 7) is 0. The van der Waals surface area contributed by atoms with E-state index in [9.17, 15) is 0 Å². The van der Waals surface area contributed by atoms with Crippen molar-refractivity contribution in [3.8, 4) is 10.6 Å². The number of nitrogens with zero attached hydrogens (tertiary/aromatic N) is 2. The lowest BCUT2D eigenvalue weighted by Gasteiger charge is -1.99. The lowest BCUT2D eigenvalue weighted by molar-refractivity contribution is 1.11. The van der Waals surface area contributed by atoms with Crippen molar-refractivity contribution in [1.82, 2.24) is 9.97 Å². The first-order chi connectivity index (χ1) is 9.33. The van der Waals surface area contributed by atoms with Crippen LogP contribution in [0.25, 0.3) is 10.6 Å². The molecule has 0 spiro atoms. The van der Waals surface area contributed by atoms with Gasteiger partial charge < -0.3 is 5.73 Å². The van der Waals surface area contributed by atoms with Crippen molar-refractivity contribution >= 4 is 17.2 Å². The highest BCUT2D eigenvalue weighted by atomic mass is 32.1. The van der Waals surface area contributed by atoms with Gasteiger partial charge in [0.25, 0.3) is 0 Å². The molecule has 2 N–H and O–H groups in total. The van der Waals surface area contributed by atoms with Crippen molar-refractivity contribution in [3.05, 3.63) is 65.3 Å². The maximum Gasteiger partial charge on any atom is 0.133 e.